The van der Waals surface area contributed by atoms with Crippen molar-refractivity contribution in [3.05, 3.63) is 95.1 Å². The fraction of sp³-hybridized carbons (Fsp3) is 0.136. The lowest BCUT2D eigenvalue weighted by atomic mass is 10.0. The number of carbonyl (C=O) groups excluding carboxylic acids is 1. The molecule has 1 atom stereocenters. The van der Waals surface area contributed by atoms with Crippen molar-refractivity contribution in [3.8, 4) is 0 Å². The number of aryl methyl sites for hydroxylation is 3. The molecule has 1 unspecified atom stereocenters. The fourth-order valence-corrected chi connectivity index (χ4v) is 8.46. The second kappa shape index (κ2) is 8.04. The second-order valence-electron chi connectivity index (χ2n) is 6.33. The van der Waals surface area contributed by atoms with Gasteiger partial charge in [0.1, 0.15) is 0 Å². The third-order valence-electron chi connectivity index (χ3n) is 4.25. The van der Waals surface area contributed by atoms with Crippen molar-refractivity contribution in [3.63, 3.8) is 0 Å². The van der Waals surface area contributed by atoms with E-state index in [9.17, 15) is 9.36 Å². The predicted molar refractivity (Wildman–Crippen MR) is 112 cm³/mol. The van der Waals surface area contributed by atoms with Gasteiger partial charge in [0.15, 0.2) is 0 Å². The molecule has 0 saturated carbocycles. The molecule has 0 radical (unpaired) electrons. The van der Waals surface area contributed by atoms with Crippen LogP contribution >= 0.6 is 15.1 Å². The van der Waals surface area contributed by atoms with Crippen molar-refractivity contribution in [2.45, 2.75) is 20.8 Å². The van der Waals surface area contributed by atoms with E-state index in [2.05, 4.69) is 0 Å². The summed E-state index contributed by atoms with van der Waals surface area (Å²) in [5, 5.41) is 1.93. The van der Waals surface area contributed by atoms with Crippen LogP contribution in [0.4, 0.5) is 0 Å². The molecule has 0 aliphatic carbocycles. The van der Waals surface area contributed by atoms with Crippen LogP contribution in [0.25, 0.3) is 0 Å². The maximum absolute atomic E-state index is 13.5. The van der Waals surface area contributed by atoms with Crippen molar-refractivity contribution in [1.82, 2.24) is 0 Å². The molecule has 0 aromatic heterocycles. The first-order chi connectivity index (χ1) is 12.5. The van der Waals surface area contributed by atoms with Crippen molar-refractivity contribution < 1.29 is 9.36 Å². The predicted octanol–water partition coefficient (Wildman–Crippen LogP) is 5.63. The van der Waals surface area contributed by atoms with E-state index in [1.165, 1.54) is 0 Å². The minimum absolute atomic E-state index is 0.242. The summed E-state index contributed by atoms with van der Waals surface area (Å²) < 4.78 is 13.5. The second-order valence-corrected chi connectivity index (χ2v) is 11.2. The summed E-state index contributed by atoms with van der Waals surface area (Å²) in [6, 6.07) is 23.4. The number of rotatable bonds is 5. The van der Waals surface area contributed by atoms with Gasteiger partial charge in [-0.25, -0.2) is 4.79 Å². The van der Waals surface area contributed by atoms with Crippen LogP contribution in [0.1, 0.15) is 27.0 Å². The van der Waals surface area contributed by atoms with E-state index in [1.54, 1.807) is 0 Å². The molecule has 0 N–H and O–H groups in total. The average Bonchev–Trinajstić information content (AvgIpc) is 2.62. The van der Waals surface area contributed by atoms with E-state index in [1.807, 2.05) is 93.6 Å². The van der Waals surface area contributed by atoms with E-state index >= 15 is 0 Å². The van der Waals surface area contributed by atoms with Gasteiger partial charge in [-0.05, 0) is 31.9 Å². The highest BCUT2D eigenvalue weighted by Gasteiger charge is 2.43. The van der Waals surface area contributed by atoms with Crippen molar-refractivity contribution in [2.75, 3.05) is 0 Å². The SMILES string of the molecule is Cc1cc(C)c(C(=O)[P+](=O)P(c2ccccc2)c2ccccc2)c(C)c1. The van der Waals surface area contributed by atoms with Gasteiger partial charge in [0.25, 0.3) is 0 Å². The lowest BCUT2D eigenvalue weighted by Gasteiger charge is -2.09. The largest absolute Gasteiger partial charge is 0.445 e. The lowest BCUT2D eigenvalue weighted by Crippen LogP contribution is -2.11. The summed E-state index contributed by atoms with van der Waals surface area (Å²) in [7, 11) is -3.35. The van der Waals surface area contributed by atoms with Crippen LogP contribution in [0.15, 0.2) is 72.8 Å². The minimum atomic E-state index is -2.10. The van der Waals surface area contributed by atoms with E-state index in [0.717, 1.165) is 27.3 Å². The van der Waals surface area contributed by atoms with Crippen LogP contribution in [0.5, 0.6) is 0 Å². The Morgan fingerprint density at radius 1 is 0.769 bits per heavy atom. The standard InChI is InChI=1S/C22H21O2P2/c1-16-14-17(2)21(18(3)15-16)22(23)26(24)25(19-10-6-4-7-11-19)20-12-8-5-9-13-20/h4-15H,1-3H3/q+1. The van der Waals surface area contributed by atoms with Crippen LogP contribution < -0.4 is 10.6 Å². The molecule has 0 heterocycles. The molecule has 0 aliphatic heterocycles. The van der Waals surface area contributed by atoms with E-state index < -0.39 is 15.1 Å². The van der Waals surface area contributed by atoms with E-state index in [-0.39, 0.29) is 5.52 Å². The Hall–Kier alpha value is -2.14. The number of benzene rings is 3. The van der Waals surface area contributed by atoms with Gasteiger partial charge in [0, 0.05) is 10.6 Å². The molecule has 3 aromatic carbocycles. The van der Waals surface area contributed by atoms with Gasteiger partial charge in [-0.15, -0.1) is 0 Å². The Morgan fingerprint density at radius 3 is 1.62 bits per heavy atom. The maximum Gasteiger partial charge on any atom is 0.445 e. The lowest BCUT2D eigenvalue weighted by molar-refractivity contribution is 0.108. The summed E-state index contributed by atoms with van der Waals surface area (Å²) in [5.41, 5.74) is 3.27. The average molecular weight is 379 g/mol. The molecule has 2 nitrogen and oxygen atoms in total. The molecule has 0 bridgehead atoms. The normalized spacial score (nSPS) is 11.5. The van der Waals surface area contributed by atoms with Gasteiger partial charge in [-0.3, -0.25) is 0 Å². The van der Waals surface area contributed by atoms with Gasteiger partial charge in [0.2, 0.25) is 7.61 Å². The zero-order chi connectivity index (χ0) is 18.7. The zero-order valence-corrected chi connectivity index (χ0v) is 16.9. The van der Waals surface area contributed by atoms with Gasteiger partial charge < -0.3 is 0 Å². The first kappa shape index (κ1) is 18.6. The molecule has 0 spiro atoms. The molecular weight excluding hydrogens is 358 g/mol. The van der Waals surface area contributed by atoms with Gasteiger partial charge >= 0.3 is 13.0 Å². The quantitative estimate of drug-likeness (QED) is 0.539. The maximum atomic E-state index is 13.5. The van der Waals surface area contributed by atoms with Crippen LogP contribution in [0, 0.1) is 20.8 Å². The summed E-state index contributed by atoms with van der Waals surface area (Å²) >= 11 is 0. The molecule has 0 fully saturated rings. The van der Waals surface area contributed by atoms with Gasteiger partial charge in [0.05, 0.1) is 5.56 Å². The third kappa shape index (κ3) is 3.83. The van der Waals surface area contributed by atoms with Crippen molar-refractivity contribution >= 4 is 31.2 Å². The smallest absolute Gasteiger partial charge is 0.234 e. The number of carbonyl (C=O) groups is 1. The van der Waals surface area contributed by atoms with Gasteiger partial charge in [-0.1, -0.05) is 82.9 Å². The van der Waals surface area contributed by atoms with Crippen LogP contribution in [0.2, 0.25) is 0 Å². The highest BCUT2D eigenvalue weighted by atomic mass is 32.1. The summed E-state index contributed by atoms with van der Waals surface area (Å²) in [6.07, 6.45) is 0. The molecule has 4 heteroatoms. The Kier molecular flexibility index (Phi) is 5.77. The Bertz CT molecular complexity index is 888. The Morgan fingerprint density at radius 2 is 1.19 bits per heavy atom. The van der Waals surface area contributed by atoms with Gasteiger partial charge in [-0.2, -0.15) is 0 Å². The van der Waals surface area contributed by atoms with E-state index in [4.69, 9.17) is 0 Å². The van der Waals surface area contributed by atoms with Crippen LogP contribution in [-0.2, 0) is 4.57 Å². The fourth-order valence-electron chi connectivity index (χ4n) is 3.20. The summed E-state index contributed by atoms with van der Waals surface area (Å²) in [6.45, 7) is 5.85. The van der Waals surface area contributed by atoms with E-state index in [0.29, 0.717) is 5.56 Å². The zero-order valence-electron chi connectivity index (χ0n) is 15.1. The highest BCUT2D eigenvalue weighted by Crippen LogP contribution is 2.60. The van der Waals surface area contributed by atoms with Crippen molar-refractivity contribution in [2.24, 2.45) is 0 Å². The highest BCUT2D eigenvalue weighted by molar-refractivity contribution is 8.37. The first-order valence-electron chi connectivity index (χ1n) is 8.48. The van der Waals surface area contributed by atoms with Crippen LogP contribution in [0.3, 0.4) is 0 Å². The summed E-state index contributed by atoms with van der Waals surface area (Å²) in [4.78, 5) is 13.2. The van der Waals surface area contributed by atoms with Crippen LogP contribution in [-0.4, -0.2) is 5.52 Å². The summed E-state index contributed by atoms with van der Waals surface area (Å²) in [5.74, 6) is 0. The molecule has 3 aromatic rings. The van der Waals surface area contributed by atoms with Crippen molar-refractivity contribution in [1.29, 1.82) is 0 Å². The molecule has 3 rings (SSSR count). The monoisotopic (exact) mass is 379 g/mol. The molecule has 26 heavy (non-hydrogen) atoms. The molecule has 0 amide bonds. The Balaban J connectivity index is 2.08. The number of hydrogen-bond acceptors (Lipinski definition) is 2. The molecule has 0 aliphatic rings. The molecule has 0 saturated heterocycles. The Labute approximate surface area is 156 Å². The first-order valence-corrected chi connectivity index (χ1v) is 11.8. The third-order valence-corrected chi connectivity index (χ3v) is 9.78. The number of hydrogen-bond donors (Lipinski definition) is 0. The topological polar surface area (TPSA) is 34.1 Å². The minimum Gasteiger partial charge on any atom is -0.234 e. The molecule has 130 valence electrons. The molecular formula is C22H21O2P2+.